The molecule has 0 aromatic carbocycles. The van der Waals surface area contributed by atoms with Gasteiger partial charge in [0.1, 0.15) is 12.7 Å². The molecule has 0 aromatic rings. The highest BCUT2D eigenvalue weighted by Crippen LogP contribution is 2.42. The first kappa shape index (κ1) is 57.9. The summed E-state index contributed by atoms with van der Waals surface area (Å²) in [5.41, 5.74) is 0. The van der Waals surface area contributed by atoms with Crippen molar-refractivity contribution in [2.24, 2.45) is 0 Å². The van der Waals surface area contributed by atoms with Crippen LogP contribution in [0.25, 0.3) is 0 Å². The van der Waals surface area contributed by atoms with E-state index in [0.29, 0.717) is 12.8 Å². The molecule has 0 aromatic heterocycles. The van der Waals surface area contributed by atoms with Crippen LogP contribution in [0.3, 0.4) is 0 Å². The van der Waals surface area contributed by atoms with E-state index in [1.165, 1.54) is 57.8 Å². The Morgan fingerprint density at radius 2 is 0.934 bits per heavy atom. The number of phosphoric ester groups is 1. The lowest BCUT2D eigenvalue weighted by Gasteiger charge is -2.15. The van der Waals surface area contributed by atoms with Crippen LogP contribution in [0.1, 0.15) is 181 Å². The molecule has 2 atom stereocenters. The smallest absolute Gasteiger partial charge is 0.463 e. The summed E-state index contributed by atoms with van der Waals surface area (Å²) < 4.78 is 26.9. The number of aliphatic hydroxyl groups is 1. The molecule has 61 heavy (non-hydrogen) atoms. The summed E-state index contributed by atoms with van der Waals surface area (Å²) in [5, 5.41) is 12.7. The van der Waals surface area contributed by atoms with Gasteiger partial charge < -0.3 is 20.1 Å². The number of phosphoric acid groups is 1. The third kappa shape index (κ3) is 47.8. The number of allylic oxidation sites excluding steroid dienone is 16. The van der Waals surface area contributed by atoms with Gasteiger partial charge in [0.05, 0.1) is 13.2 Å². The second-order valence-electron chi connectivity index (χ2n) is 15.3. The number of carbonyl (C=O) groups is 2. The quantitative estimate of drug-likeness (QED) is 0.0239. The molecule has 0 radical (unpaired) electrons. The van der Waals surface area contributed by atoms with Crippen LogP contribution in [0.4, 0.5) is 0 Å². The lowest BCUT2D eigenvalue weighted by atomic mass is 10.1. The average Bonchev–Trinajstić information content (AvgIpc) is 3.25. The molecule has 348 valence electrons. The van der Waals surface area contributed by atoms with Crippen molar-refractivity contribution in [2.75, 3.05) is 26.4 Å². The molecule has 0 spiro atoms. The van der Waals surface area contributed by atoms with Gasteiger partial charge in [0.15, 0.2) is 0 Å². The number of carbonyl (C=O) groups excluding carboxylic acids is 2. The molecular weight excluding hydrogens is 786 g/mol. The van der Waals surface area contributed by atoms with Gasteiger partial charge in [-0.05, 0) is 96.3 Å². The van der Waals surface area contributed by atoms with Crippen molar-refractivity contribution in [3.63, 3.8) is 0 Å². The molecule has 0 bridgehead atoms. The maximum Gasteiger partial charge on any atom is 0.472 e. The number of nitrogens with one attached hydrogen (secondary N) is 1. The van der Waals surface area contributed by atoms with Crippen LogP contribution in [0.2, 0.25) is 0 Å². The fourth-order valence-corrected chi connectivity index (χ4v) is 6.70. The largest absolute Gasteiger partial charge is 0.472 e. The van der Waals surface area contributed by atoms with Gasteiger partial charge >= 0.3 is 13.8 Å². The number of ether oxygens (including phenoxy) is 1. The second kappa shape index (κ2) is 46.4. The predicted molar refractivity (Wildman–Crippen MR) is 256 cm³/mol. The number of rotatable bonds is 43. The average molecular weight is 872 g/mol. The summed E-state index contributed by atoms with van der Waals surface area (Å²) in [7, 11) is -4.44. The van der Waals surface area contributed by atoms with Crippen LogP contribution in [0.15, 0.2) is 97.2 Å². The third-order valence-corrected chi connectivity index (χ3v) is 10.5. The van der Waals surface area contributed by atoms with Gasteiger partial charge in [-0.2, -0.15) is 0 Å². The van der Waals surface area contributed by atoms with E-state index in [-0.39, 0.29) is 32.1 Å². The number of hydrogen-bond acceptors (Lipinski definition) is 7. The minimum atomic E-state index is -4.44. The molecular formula is C51H86NO8P. The van der Waals surface area contributed by atoms with Crippen molar-refractivity contribution < 1.29 is 37.9 Å². The molecule has 1 amide bonds. The number of hydrogen-bond donors (Lipinski definition) is 3. The minimum Gasteiger partial charge on any atom is -0.463 e. The predicted octanol–water partition coefficient (Wildman–Crippen LogP) is 13.8. The molecule has 0 aliphatic heterocycles. The Bertz CT molecular complexity index is 1320. The van der Waals surface area contributed by atoms with Crippen LogP contribution in [0, 0.1) is 0 Å². The SMILES string of the molecule is CC/C=C\C/C=C\C/C=C\C/C=C\C/C=C\CCCCCC(=O)OCC(O)COP(=O)(O)OCCNC(=O)CCCCCCCCCC/C=C\C/C=C\C/C=C\CCCCC. The van der Waals surface area contributed by atoms with Crippen LogP contribution in [-0.2, 0) is 27.9 Å². The normalized spacial score (nSPS) is 14.1. The van der Waals surface area contributed by atoms with E-state index in [1.807, 2.05) is 0 Å². The van der Waals surface area contributed by atoms with Crippen molar-refractivity contribution in [3.8, 4) is 0 Å². The number of aliphatic hydroxyl groups excluding tert-OH is 1. The summed E-state index contributed by atoms with van der Waals surface area (Å²) in [6.07, 6.45) is 60.5. The molecule has 0 fully saturated rings. The summed E-state index contributed by atoms with van der Waals surface area (Å²) in [6.45, 7) is 3.35. The molecule has 10 heteroatoms. The molecule has 0 aliphatic carbocycles. The topological polar surface area (TPSA) is 131 Å². The molecule has 2 unspecified atom stereocenters. The van der Waals surface area contributed by atoms with E-state index in [9.17, 15) is 24.2 Å². The Morgan fingerprint density at radius 1 is 0.525 bits per heavy atom. The first-order valence-corrected chi connectivity index (χ1v) is 25.2. The van der Waals surface area contributed by atoms with Gasteiger partial charge in [-0.15, -0.1) is 0 Å². The van der Waals surface area contributed by atoms with Gasteiger partial charge in [-0.3, -0.25) is 18.6 Å². The first-order chi connectivity index (χ1) is 29.8. The zero-order chi connectivity index (χ0) is 44.6. The molecule has 0 rings (SSSR count). The molecule has 0 saturated carbocycles. The van der Waals surface area contributed by atoms with E-state index in [1.54, 1.807) is 0 Å². The van der Waals surface area contributed by atoms with Gasteiger partial charge in [0.2, 0.25) is 5.91 Å². The summed E-state index contributed by atoms with van der Waals surface area (Å²) >= 11 is 0. The lowest BCUT2D eigenvalue weighted by Crippen LogP contribution is -2.27. The lowest BCUT2D eigenvalue weighted by molar-refractivity contribution is -0.147. The zero-order valence-electron chi connectivity index (χ0n) is 38.3. The molecule has 3 N–H and O–H groups in total. The maximum absolute atomic E-state index is 12.1. The molecule has 0 heterocycles. The Kier molecular flexibility index (Phi) is 44.1. The van der Waals surface area contributed by atoms with E-state index < -0.39 is 26.5 Å². The fraction of sp³-hybridized carbons (Fsp3) is 0.647. The van der Waals surface area contributed by atoms with E-state index in [0.717, 1.165) is 89.9 Å². The van der Waals surface area contributed by atoms with Crippen LogP contribution < -0.4 is 5.32 Å². The highest BCUT2D eigenvalue weighted by Gasteiger charge is 2.23. The Labute approximate surface area is 372 Å². The fourth-order valence-electron chi connectivity index (χ4n) is 5.94. The van der Waals surface area contributed by atoms with Crippen LogP contribution in [0.5, 0.6) is 0 Å². The van der Waals surface area contributed by atoms with Crippen molar-refractivity contribution in [1.82, 2.24) is 5.32 Å². The highest BCUT2D eigenvalue weighted by molar-refractivity contribution is 7.47. The van der Waals surface area contributed by atoms with Crippen LogP contribution >= 0.6 is 7.82 Å². The van der Waals surface area contributed by atoms with Crippen molar-refractivity contribution in [2.45, 2.75) is 187 Å². The maximum atomic E-state index is 12.1. The molecule has 0 saturated heterocycles. The van der Waals surface area contributed by atoms with Gasteiger partial charge in [0, 0.05) is 19.4 Å². The Hall–Kier alpha value is -3.07. The molecule has 0 aliphatic rings. The van der Waals surface area contributed by atoms with Gasteiger partial charge in [-0.25, -0.2) is 4.57 Å². The van der Waals surface area contributed by atoms with Crippen molar-refractivity contribution in [1.29, 1.82) is 0 Å². The standard InChI is InChI=1S/C51H86NO8P/c1-3-5-7-9-11-13-15-17-19-21-23-24-26-27-29-31-33-35-37-39-41-43-50(54)52-45-46-59-61(56,57)60-48-49(53)47-58-51(55)44-42-40-38-36-34-32-30-28-25-22-20-18-16-14-12-10-8-6-4-2/h6,8,11-14,17-20,23-25,28,32,34,49,53H,3-5,7,9-10,15-16,21-22,26-27,29-31,33,35-48H2,1-2H3,(H,52,54)(H,56,57)/b8-6-,13-11-,14-12-,19-17-,20-18-,24-23-,28-25-,34-32-. The summed E-state index contributed by atoms with van der Waals surface area (Å²) in [5.74, 6) is -0.563. The minimum absolute atomic E-state index is 0.0674. The second-order valence-corrected chi connectivity index (χ2v) is 16.8. The Balaban J connectivity index is 3.67. The monoisotopic (exact) mass is 872 g/mol. The van der Waals surface area contributed by atoms with Crippen molar-refractivity contribution in [3.05, 3.63) is 97.2 Å². The Morgan fingerprint density at radius 3 is 1.43 bits per heavy atom. The number of esters is 1. The van der Waals surface area contributed by atoms with E-state index in [2.05, 4.69) is 116 Å². The van der Waals surface area contributed by atoms with Crippen LogP contribution in [-0.4, -0.2) is 54.3 Å². The summed E-state index contributed by atoms with van der Waals surface area (Å²) in [6, 6.07) is 0. The molecule has 9 nitrogen and oxygen atoms in total. The first-order valence-electron chi connectivity index (χ1n) is 23.7. The van der Waals surface area contributed by atoms with Crippen molar-refractivity contribution >= 4 is 19.7 Å². The summed E-state index contributed by atoms with van der Waals surface area (Å²) in [4.78, 5) is 34.0. The van der Waals surface area contributed by atoms with E-state index in [4.69, 9.17) is 13.8 Å². The van der Waals surface area contributed by atoms with Gasteiger partial charge in [0.25, 0.3) is 0 Å². The van der Waals surface area contributed by atoms with E-state index >= 15 is 0 Å². The number of amides is 1. The number of unbranched alkanes of at least 4 members (excludes halogenated alkanes) is 14. The zero-order valence-corrected chi connectivity index (χ0v) is 39.2. The van der Waals surface area contributed by atoms with Gasteiger partial charge in [-0.1, -0.05) is 169 Å². The highest BCUT2D eigenvalue weighted by atomic mass is 31.2. The third-order valence-electron chi connectivity index (χ3n) is 9.50.